The van der Waals surface area contributed by atoms with Crippen molar-refractivity contribution in [2.45, 2.75) is 6.10 Å². The van der Waals surface area contributed by atoms with Gasteiger partial charge in [-0.15, -0.1) is 0 Å². The summed E-state index contributed by atoms with van der Waals surface area (Å²) in [6.07, 6.45) is 0.442. The molecule has 2 heterocycles. The largest absolute Gasteiger partial charge is 0.367 e. The Bertz CT molecular complexity index is 890. The summed E-state index contributed by atoms with van der Waals surface area (Å²) in [4.78, 5) is 25.4. The van der Waals surface area contributed by atoms with E-state index in [1.807, 2.05) is 0 Å². The first-order valence-corrected chi connectivity index (χ1v) is 7.65. The standard InChI is InChI=1S/C15H13ClF2N4O3/c16-13-11(21-3-4-25-12(7-21)14(19)23)6-20-22(15(13)24)10-2-1-8(17)5-9(10)18/h1-2,5-6,12H,3-4,7H2,(H2,19,23). The summed E-state index contributed by atoms with van der Waals surface area (Å²) in [5.41, 5.74) is 4.51. The molecule has 0 spiro atoms. The lowest BCUT2D eigenvalue weighted by atomic mass is 10.2. The first-order valence-electron chi connectivity index (χ1n) is 7.27. The van der Waals surface area contributed by atoms with Gasteiger partial charge >= 0.3 is 0 Å². The molecule has 1 aromatic carbocycles. The second-order valence-corrected chi connectivity index (χ2v) is 5.74. The lowest BCUT2D eigenvalue weighted by molar-refractivity contribution is -0.130. The Morgan fingerprint density at radius 2 is 2.12 bits per heavy atom. The van der Waals surface area contributed by atoms with Gasteiger partial charge in [0.25, 0.3) is 5.56 Å². The molecule has 0 aliphatic carbocycles. The number of nitrogens with two attached hydrogens (primary N) is 1. The van der Waals surface area contributed by atoms with Crippen LogP contribution in [-0.2, 0) is 9.53 Å². The van der Waals surface area contributed by atoms with Crippen molar-refractivity contribution in [2.75, 3.05) is 24.6 Å². The number of halogens is 3. The molecule has 0 bridgehead atoms. The van der Waals surface area contributed by atoms with Gasteiger partial charge < -0.3 is 15.4 Å². The highest BCUT2D eigenvalue weighted by Gasteiger charge is 2.27. The highest BCUT2D eigenvalue weighted by Crippen LogP contribution is 2.24. The van der Waals surface area contributed by atoms with Crippen molar-refractivity contribution in [2.24, 2.45) is 5.73 Å². The molecule has 1 amide bonds. The van der Waals surface area contributed by atoms with E-state index in [1.165, 1.54) is 6.20 Å². The number of hydrogen-bond acceptors (Lipinski definition) is 5. The highest BCUT2D eigenvalue weighted by molar-refractivity contribution is 6.33. The summed E-state index contributed by atoms with van der Waals surface area (Å²) in [7, 11) is 0. The number of rotatable bonds is 3. The van der Waals surface area contributed by atoms with E-state index < -0.39 is 29.2 Å². The molecule has 1 atom stereocenters. The van der Waals surface area contributed by atoms with Crippen molar-refractivity contribution in [3.8, 4) is 5.69 Å². The number of anilines is 1. The number of ether oxygens (including phenoxy) is 1. The topological polar surface area (TPSA) is 90.5 Å². The van der Waals surface area contributed by atoms with Crippen LogP contribution in [0.4, 0.5) is 14.5 Å². The van der Waals surface area contributed by atoms with Gasteiger partial charge in [-0.2, -0.15) is 9.78 Å². The number of carbonyl (C=O) groups excluding carboxylic acids is 1. The van der Waals surface area contributed by atoms with Crippen LogP contribution in [0.15, 0.2) is 29.2 Å². The van der Waals surface area contributed by atoms with Crippen molar-refractivity contribution in [3.63, 3.8) is 0 Å². The van der Waals surface area contributed by atoms with E-state index in [1.54, 1.807) is 4.90 Å². The fourth-order valence-corrected chi connectivity index (χ4v) is 2.76. The maximum absolute atomic E-state index is 13.9. The Morgan fingerprint density at radius 3 is 2.80 bits per heavy atom. The molecule has 1 fully saturated rings. The Hall–Kier alpha value is -2.52. The second kappa shape index (κ2) is 6.77. The summed E-state index contributed by atoms with van der Waals surface area (Å²) in [5.74, 6) is -2.35. The molecule has 3 rings (SSSR count). The van der Waals surface area contributed by atoms with E-state index in [4.69, 9.17) is 22.1 Å². The van der Waals surface area contributed by atoms with Crippen LogP contribution in [0.5, 0.6) is 0 Å². The number of aromatic nitrogens is 2. The van der Waals surface area contributed by atoms with E-state index in [0.29, 0.717) is 12.6 Å². The van der Waals surface area contributed by atoms with Crippen molar-refractivity contribution < 1.29 is 18.3 Å². The van der Waals surface area contributed by atoms with Gasteiger partial charge in [0.2, 0.25) is 5.91 Å². The lowest BCUT2D eigenvalue weighted by Gasteiger charge is -2.33. The number of primary amides is 1. The first-order chi connectivity index (χ1) is 11.9. The van der Waals surface area contributed by atoms with E-state index in [0.717, 1.165) is 16.8 Å². The fourth-order valence-electron chi connectivity index (χ4n) is 2.51. The molecule has 0 radical (unpaired) electrons. The number of morpholine rings is 1. The molecule has 1 aliphatic heterocycles. The van der Waals surface area contributed by atoms with Gasteiger partial charge in [0, 0.05) is 12.6 Å². The Labute approximate surface area is 145 Å². The molecule has 2 aromatic rings. The van der Waals surface area contributed by atoms with Gasteiger partial charge in [-0.25, -0.2) is 8.78 Å². The number of amides is 1. The van der Waals surface area contributed by atoms with E-state index in [-0.39, 0.29) is 29.5 Å². The average Bonchev–Trinajstić information content (AvgIpc) is 2.58. The molecule has 2 N–H and O–H groups in total. The highest BCUT2D eigenvalue weighted by atomic mass is 35.5. The van der Waals surface area contributed by atoms with Crippen molar-refractivity contribution in [1.29, 1.82) is 0 Å². The normalized spacial score (nSPS) is 17.6. The number of hydrogen-bond donors (Lipinski definition) is 1. The third-order valence-electron chi connectivity index (χ3n) is 3.76. The van der Waals surface area contributed by atoms with Gasteiger partial charge in [-0.3, -0.25) is 9.59 Å². The van der Waals surface area contributed by atoms with Gasteiger partial charge in [0.15, 0.2) is 11.9 Å². The molecule has 7 nitrogen and oxygen atoms in total. The van der Waals surface area contributed by atoms with E-state index >= 15 is 0 Å². The maximum Gasteiger partial charge on any atom is 0.292 e. The Balaban J connectivity index is 1.98. The smallest absolute Gasteiger partial charge is 0.292 e. The first kappa shape index (κ1) is 17.3. The summed E-state index contributed by atoms with van der Waals surface area (Å²) in [6.45, 7) is 0.713. The third kappa shape index (κ3) is 3.33. The van der Waals surface area contributed by atoms with Crippen LogP contribution in [0, 0.1) is 11.6 Å². The molecule has 132 valence electrons. The number of carbonyl (C=O) groups is 1. The number of nitrogens with zero attached hydrogens (tertiary/aromatic N) is 3. The van der Waals surface area contributed by atoms with E-state index in [9.17, 15) is 18.4 Å². The quantitative estimate of drug-likeness (QED) is 0.865. The summed E-state index contributed by atoms with van der Waals surface area (Å²) in [5, 5.41) is 3.70. The van der Waals surface area contributed by atoms with Crippen LogP contribution in [0.25, 0.3) is 5.69 Å². The van der Waals surface area contributed by atoms with Crippen LogP contribution in [-0.4, -0.2) is 41.5 Å². The van der Waals surface area contributed by atoms with Crippen LogP contribution in [0.3, 0.4) is 0 Å². The molecule has 1 unspecified atom stereocenters. The third-order valence-corrected chi connectivity index (χ3v) is 4.12. The molecule has 0 saturated carbocycles. The van der Waals surface area contributed by atoms with Crippen molar-refractivity contribution in [3.05, 3.63) is 51.4 Å². The predicted molar refractivity (Wildman–Crippen MR) is 85.9 cm³/mol. The van der Waals surface area contributed by atoms with Gasteiger partial charge in [0.05, 0.1) is 25.0 Å². The zero-order valence-electron chi connectivity index (χ0n) is 12.8. The predicted octanol–water partition coefficient (Wildman–Crippen LogP) is 0.855. The zero-order chi connectivity index (χ0) is 18.1. The second-order valence-electron chi connectivity index (χ2n) is 5.36. The molecular formula is C15H13ClF2N4O3. The molecule has 10 heteroatoms. The van der Waals surface area contributed by atoms with E-state index in [2.05, 4.69) is 5.10 Å². The van der Waals surface area contributed by atoms with Crippen LogP contribution in [0.2, 0.25) is 5.02 Å². The lowest BCUT2D eigenvalue weighted by Crippen LogP contribution is -2.49. The molecule has 1 saturated heterocycles. The minimum atomic E-state index is -0.946. The molecule has 1 aromatic heterocycles. The maximum atomic E-state index is 13.9. The molecule has 1 aliphatic rings. The molecular weight excluding hydrogens is 358 g/mol. The minimum Gasteiger partial charge on any atom is -0.367 e. The fraction of sp³-hybridized carbons (Fsp3) is 0.267. The Kier molecular flexibility index (Phi) is 4.69. The summed E-state index contributed by atoms with van der Waals surface area (Å²) >= 11 is 6.12. The minimum absolute atomic E-state index is 0.116. The van der Waals surface area contributed by atoms with Crippen molar-refractivity contribution >= 4 is 23.2 Å². The van der Waals surface area contributed by atoms with Crippen molar-refractivity contribution in [1.82, 2.24) is 9.78 Å². The SMILES string of the molecule is NC(=O)C1CN(c2cnn(-c3ccc(F)cc3F)c(=O)c2Cl)CCO1. The monoisotopic (exact) mass is 370 g/mol. The molecule has 25 heavy (non-hydrogen) atoms. The van der Waals surface area contributed by atoms with Gasteiger partial charge in [0.1, 0.15) is 16.5 Å². The average molecular weight is 371 g/mol. The summed E-state index contributed by atoms with van der Waals surface area (Å²) in [6, 6.07) is 2.74. The van der Waals surface area contributed by atoms with Crippen LogP contribution in [0.1, 0.15) is 0 Å². The van der Waals surface area contributed by atoms with Crippen LogP contribution >= 0.6 is 11.6 Å². The van der Waals surface area contributed by atoms with Gasteiger partial charge in [-0.1, -0.05) is 11.6 Å². The van der Waals surface area contributed by atoms with Crippen LogP contribution < -0.4 is 16.2 Å². The van der Waals surface area contributed by atoms with Gasteiger partial charge in [-0.05, 0) is 12.1 Å². The summed E-state index contributed by atoms with van der Waals surface area (Å²) < 4.78 is 32.9. The Morgan fingerprint density at radius 1 is 1.36 bits per heavy atom. The zero-order valence-corrected chi connectivity index (χ0v) is 13.5. The number of benzene rings is 1.